The van der Waals surface area contributed by atoms with E-state index in [2.05, 4.69) is 11.3 Å². The molecule has 0 spiro atoms. The predicted octanol–water partition coefficient (Wildman–Crippen LogP) is 4.71. The van der Waals surface area contributed by atoms with Gasteiger partial charge in [-0.05, 0) is 12.1 Å². The molecule has 1 N–H and O–H groups in total. The van der Waals surface area contributed by atoms with Gasteiger partial charge in [0.15, 0.2) is 6.67 Å². The molecule has 0 unspecified atom stereocenters. The van der Waals surface area contributed by atoms with Crippen LogP contribution in [0.15, 0.2) is 36.5 Å². The van der Waals surface area contributed by atoms with E-state index in [0.717, 1.165) is 12.1 Å². The molecule has 1 rings (SSSR count). The topological polar surface area (TPSA) is 38.3 Å². The van der Waals surface area contributed by atoms with E-state index in [1.807, 2.05) is 0 Å². The van der Waals surface area contributed by atoms with Crippen LogP contribution in [-0.2, 0) is 9.53 Å². The molecule has 0 saturated heterocycles. The Hall–Kier alpha value is -2.02. The minimum absolute atomic E-state index is 0.477. The monoisotopic (exact) mass is 453 g/mol. The van der Waals surface area contributed by atoms with Gasteiger partial charge in [-0.25, -0.2) is 4.39 Å². The van der Waals surface area contributed by atoms with Crippen molar-refractivity contribution in [3.8, 4) is 0 Å². The smallest absolute Gasteiger partial charge is 0.323 e. The van der Waals surface area contributed by atoms with E-state index in [9.17, 15) is 44.3 Å². The Morgan fingerprint density at radius 3 is 2.03 bits per heavy atom. The molecule has 0 fully saturated rings. The van der Waals surface area contributed by atoms with E-state index in [0.29, 0.717) is 5.19 Å². The molecule has 1 aromatic carbocycles. The Labute approximate surface area is 160 Å². The van der Waals surface area contributed by atoms with Crippen LogP contribution in [0.25, 0.3) is 0 Å². The highest BCUT2D eigenvalue weighted by atomic mass is 28.3. The van der Waals surface area contributed by atoms with Crippen molar-refractivity contribution in [2.24, 2.45) is 0 Å². The normalized spacial score (nSPS) is 13.9. The average molecular weight is 453 g/mol. The Balaban J connectivity index is 3.51. The number of alkyl halides is 9. The number of halogens is 9. The fraction of sp³-hybridized carbons (Fsp3) is 0.438. The standard InChI is InChI=1S/C16H16F9NO2Si/c1-4-29(2,3)11-7-5-6-10(8-11)26-12(27)14(15(20,21)22,16(23,24)25)28-13(18,19)9-17/h4-8H,1,9H2,2-3H3,(H,26,27). The number of amides is 1. The summed E-state index contributed by atoms with van der Waals surface area (Å²) in [4.78, 5) is 12.0. The van der Waals surface area contributed by atoms with Crippen molar-refractivity contribution in [1.82, 2.24) is 0 Å². The van der Waals surface area contributed by atoms with Gasteiger partial charge >= 0.3 is 24.1 Å². The van der Waals surface area contributed by atoms with Crippen LogP contribution in [-0.4, -0.2) is 44.7 Å². The quantitative estimate of drug-likeness (QED) is 0.480. The zero-order valence-corrected chi connectivity index (χ0v) is 16.0. The number of hydrogen-bond donors (Lipinski definition) is 1. The molecule has 29 heavy (non-hydrogen) atoms. The number of carbonyl (C=O) groups excluding carboxylic acids is 1. The Morgan fingerprint density at radius 1 is 1.10 bits per heavy atom. The first-order valence-electron chi connectivity index (χ1n) is 7.76. The van der Waals surface area contributed by atoms with Crippen LogP contribution in [0.2, 0.25) is 13.1 Å². The second-order valence-corrected chi connectivity index (χ2v) is 10.9. The van der Waals surface area contributed by atoms with Gasteiger partial charge in [0.25, 0.3) is 5.91 Å². The summed E-state index contributed by atoms with van der Waals surface area (Å²) < 4.78 is 121. The molecule has 0 aliphatic carbocycles. The molecule has 13 heteroatoms. The Bertz CT molecular complexity index is 745. The van der Waals surface area contributed by atoms with E-state index >= 15 is 0 Å². The average Bonchev–Trinajstić information content (AvgIpc) is 2.57. The summed E-state index contributed by atoms with van der Waals surface area (Å²) in [7, 11) is -2.33. The maximum Gasteiger partial charge on any atom is 0.436 e. The fourth-order valence-corrected chi connectivity index (χ4v) is 3.46. The molecule has 3 nitrogen and oxygen atoms in total. The maximum atomic E-state index is 13.2. The van der Waals surface area contributed by atoms with Crippen LogP contribution < -0.4 is 10.5 Å². The number of hydrogen-bond acceptors (Lipinski definition) is 2. The van der Waals surface area contributed by atoms with E-state index in [1.54, 1.807) is 18.8 Å². The van der Waals surface area contributed by atoms with Gasteiger partial charge in [-0.1, -0.05) is 36.1 Å². The number of nitrogens with one attached hydrogen (secondary N) is 1. The highest BCUT2D eigenvalue weighted by Crippen LogP contribution is 2.49. The van der Waals surface area contributed by atoms with Crippen LogP contribution >= 0.6 is 0 Å². The van der Waals surface area contributed by atoms with Gasteiger partial charge in [0.2, 0.25) is 0 Å². The van der Waals surface area contributed by atoms with E-state index in [-0.39, 0.29) is 0 Å². The molecule has 164 valence electrons. The van der Waals surface area contributed by atoms with Crippen molar-refractivity contribution >= 4 is 24.9 Å². The molecule has 1 aromatic rings. The van der Waals surface area contributed by atoms with Crippen molar-refractivity contribution in [2.45, 2.75) is 37.2 Å². The summed E-state index contributed by atoms with van der Waals surface area (Å²) >= 11 is 0. The number of carbonyl (C=O) groups is 1. The lowest BCUT2D eigenvalue weighted by atomic mass is 10.0. The second-order valence-electron chi connectivity index (χ2n) is 6.51. The van der Waals surface area contributed by atoms with Gasteiger partial charge in [-0.3, -0.25) is 9.53 Å². The van der Waals surface area contributed by atoms with Crippen LogP contribution in [0.5, 0.6) is 0 Å². The van der Waals surface area contributed by atoms with E-state index in [4.69, 9.17) is 0 Å². The molecule has 0 radical (unpaired) electrons. The van der Waals surface area contributed by atoms with Crippen LogP contribution in [0.4, 0.5) is 45.2 Å². The molecule has 0 aliphatic heterocycles. The summed E-state index contributed by atoms with van der Waals surface area (Å²) in [6, 6.07) is 4.80. The summed E-state index contributed by atoms with van der Waals surface area (Å²) in [6.45, 7) is 4.08. The predicted molar refractivity (Wildman–Crippen MR) is 89.2 cm³/mol. The number of anilines is 1. The molecule has 0 aromatic heterocycles. The summed E-state index contributed by atoms with van der Waals surface area (Å²) in [5, 5.41) is 1.78. The van der Waals surface area contributed by atoms with Crippen molar-refractivity contribution in [2.75, 3.05) is 12.0 Å². The van der Waals surface area contributed by atoms with Crippen molar-refractivity contribution < 1.29 is 49.0 Å². The lowest BCUT2D eigenvalue weighted by molar-refractivity contribution is -0.421. The lowest BCUT2D eigenvalue weighted by Gasteiger charge is -2.37. The minimum atomic E-state index is -6.68. The zero-order chi connectivity index (χ0) is 22.9. The third-order valence-corrected chi connectivity index (χ3v) is 6.77. The molecular weight excluding hydrogens is 437 g/mol. The Kier molecular flexibility index (Phi) is 6.91. The lowest BCUT2D eigenvalue weighted by Crippen LogP contribution is -2.68. The first-order valence-corrected chi connectivity index (χ1v) is 10.8. The maximum absolute atomic E-state index is 13.2. The van der Waals surface area contributed by atoms with Crippen LogP contribution in [0.1, 0.15) is 0 Å². The number of benzene rings is 1. The fourth-order valence-electron chi connectivity index (χ4n) is 2.17. The van der Waals surface area contributed by atoms with Crippen molar-refractivity contribution in [3.05, 3.63) is 36.5 Å². The SMILES string of the molecule is C=C[Si](C)(C)c1cccc(NC(=O)C(OC(F)(F)CF)(C(F)(F)F)C(F)(F)F)c1. The van der Waals surface area contributed by atoms with Gasteiger partial charge in [0.1, 0.15) is 8.07 Å². The highest BCUT2D eigenvalue weighted by Gasteiger charge is 2.79. The van der Waals surface area contributed by atoms with Gasteiger partial charge in [-0.2, -0.15) is 35.1 Å². The molecule has 0 atom stereocenters. The minimum Gasteiger partial charge on any atom is -0.323 e. The van der Waals surface area contributed by atoms with Gasteiger partial charge in [0, 0.05) is 5.69 Å². The summed E-state index contributed by atoms with van der Waals surface area (Å²) in [5.74, 6) is -2.99. The summed E-state index contributed by atoms with van der Waals surface area (Å²) in [5.41, 5.74) is -4.97. The largest absolute Gasteiger partial charge is 0.436 e. The molecular formula is C16H16F9NO2Si. The third-order valence-electron chi connectivity index (χ3n) is 3.95. The summed E-state index contributed by atoms with van der Waals surface area (Å²) in [6.07, 6.45) is -18.9. The first-order chi connectivity index (χ1) is 12.9. The van der Waals surface area contributed by atoms with Gasteiger partial charge < -0.3 is 5.32 Å². The second kappa shape index (κ2) is 8.01. The highest BCUT2D eigenvalue weighted by molar-refractivity contribution is 6.93. The third kappa shape index (κ3) is 5.13. The molecule has 0 heterocycles. The molecule has 0 aliphatic rings. The van der Waals surface area contributed by atoms with Crippen LogP contribution in [0.3, 0.4) is 0 Å². The number of rotatable bonds is 7. The van der Waals surface area contributed by atoms with E-state index < -0.39 is 50.4 Å². The van der Waals surface area contributed by atoms with Crippen molar-refractivity contribution in [1.29, 1.82) is 0 Å². The Morgan fingerprint density at radius 2 is 1.62 bits per heavy atom. The zero-order valence-electron chi connectivity index (χ0n) is 15.0. The molecule has 1 amide bonds. The molecule has 0 bridgehead atoms. The first kappa shape index (κ1) is 25.0. The van der Waals surface area contributed by atoms with Gasteiger partial charge in [0.05, 0.1) is 0 Å². The van der Waals surface area contributed by atoms with E-state index in [1.165, 1.54) is 17.4 Å². The van der Waals surface area contributed by atoms with Crippen molar-refractivity contribution in [3.63, 3.8) is 0 Å². The van der Waals surface area contributed by atoms with Crippen LogP contribution in [0, 0.1) is 0 Å². The van der Waals surface area contributed by atoms with Gasteiger partial charge in [-0.15, -0.1) is 6.58 Å². The molecule has 0 saturated carbocycles. The number of ether oxygens (including phenoxy) is 1.